The van der Waals surface area contributed by atoms with Crippen LogP contribution in [-0.2, 0) is 17.9 Å². The molecular formula is C21H20F2N2O2S. The van der Waals surface area contributed by atoms with Gasteiger partial charge in [0.15, 0.2) is 0 Å². The van der Waals surface area contributed by atoms with Gasteiger partial charge in [-0.1, -0.05) is 24.3 Å². The van der Waals surface area contributed by atoms with Crippen molar-refractivity contribution in [1.29, 1.82) is 0 Å². The van der Waals surface area contributed by atoms with Crippen molar-refractivity contribution in [2.45, 2.75) is 13.1 Å². The topological polar surface area (TPSA) is 41.6 Å². The fourth-order valence-corrected chi connectivity index (χ4v) is 3.59. The molecule has 1 amide bonds. The Balaban J connectivity index is 1.73. The molecule has 0 spiro atoms. The molecule has 1 aromatic heterocycles. The number of hydrogen-bond acceptors (Lipinski definition) is 4. The van der Waals surface area contributed by atoms with Gasteiger partial charge in [0.25, 0.3) is 0 Å². The lowest BCUT2D eigenvalue weighted by molar-refractivity contribution is -0.117. The van der Waals surface area contributed by atoms with Gasteiger partial charge in [-0.25, -0.2) is 8.78 Å². The first-order valence-electron chi connectivity index (χ1n) is 8.66. The van der Waals surface area contributed by atoms with Gasteiger partial charge in [-0.2, -0.15) is 0 Å². The number of carbonyl (C=O) groups excluding carboxylic acids is 1. The second-order valence-electron chi connectivity index (χ2n) is 6.21. The summed E-state index contributed by atoms with van der Waals surface area (Å²) in [5, 5.41) is 4.49. The van der Waals surface area contributed by atoms with Crippen molar-refractivity contribution in [2.24, 2.45) is 0 Å². The van der Waals surface area contributed by atoms with Crippen molar-refractivity contribution < 1.29 is 18.3 Å². The molecule has 7 heteroatoms. The molecule has 0 aliphatic heterocycles. The number of nitrogens with one attached hydrogen (secondary N) is 1. The smallest absolute Gasteiger partial charge is 0.238 e. The zero-order chi connectivity index (χ0) is 19.9. The van der Waals surface area contributed by atoms with E-state index in [0.717, 1.165) is 28.3 Å². The van der Waals surface area contributed by atoms with Crippen LogP contribution in [0.4, 0.5) is 14.5 Å². The van der Waals surface area contributed by atoms with Crippen LogP contribution >= 0.6 is 11.3 Å². The maximum atomic E-state index is 13.8. The van der Waals surface area contributed by atoms with Crippen LogP contribution in [0.3, 0.4) is 0 Å². The molecule has 0 aliphatic carbocycles. The minimum Gasteiger partial charge on any atom is -0.496 e. The van der Waals surface area contributed by atoms with Crippen molar-refractivity contribution in [1.82, 2.24) is 4.90 Å². The molecule has 1 heterocycles. The zero-order valence-corrected chi connectivity index (χ0v) is 16.1. The molecule has 0 radical (unpaired) electrons. The molecule has 146 valence electrons. The Bertz CT molecular complexity index is 932. The summed E-state index contributed by atoms with van der Waals surface area (Å²) in [5.41, 5.74) is 0.905. The van der Waals surface area contributed by atoms with Gasteiger partial charge in [0, 0.05) is 29.6 Å². The van der Waals surface area contributed by atoms with E-state index in [0.29, 0.717) is 13.1 Å². The highest BCUT2D eigenvalue weighted by molar-refractivity contribution is 7.09. The minimum absolute atomic E-state index is 0.0419. The molecule has 2 aromatic carbocycles. The average Bonchev–Trinajstić information content (AvgIpc) is 3.17. The molecule has 28 heavy (non-hydrogen) atoms. The van der Waals surface area contributed by atoms with Gasteiger partial charge in [0.2, 0.25) is 5.91 Å². The van der Waals surface area contributed by atoms with Gasteiger partial charge in [-0.3, -0.25) is 9.69 Å². The van der Waals surface area contributed by atoms with Crippen LogP contribution in [0.25, 0.3) is 0 Å². The molecule has 0 atom stereocenters. The predicted octanol–water partition coefficient (Wildman–Crippen LogP) is 4.68. The van der Waals surface area contributed by atoms with E-state index in [9.17, 15) is 13.6 Å². The summed E-state index contributed by atoms with van der Waals surface area (Å²) in [7, 11) is 1.60. The third-order valence-electron chi connectivity index (χ3n) is 4.12. The lowest BCUT2D eigenvalue weighted by atomic mass is 10.2. The molecule has 0 saturated carbocycles. The van der Waals surface area contributed by atoms with Gasteiger partial charge in [0.05, 0.1) is 19.3 Å². The second kappa shape index (κ2) is 9.43. The van der Waals surface area contributed by atoms with Crippen LogP contribution in [-0.4, -0.2) is 24.5 Å². The Morgan fingerprint density at radius 3 is 2.64 bits per heavy atom. The molecule has 0 saturated heterocycles. The first-order chi connectivity index (χ1) is 13.5. The van der Waals surface area contributed by atoms with Gasteiger partial charge >= 0.3 is 0 Å². The third-order valence-corrected chi connectivity index (χ3v) is 4.98. The molecule has 3 aromatic rings. The van der Waals surface area contributed by atoms with E-state index in [4.69, 9.17) is 4.74 Å². The van der Waals surface area contributed by atoms with Gasteiger partial charge in [-0.05, 0) is 29.6 Å². The van der Waals surface area contributed by atoms with Crippen molar-refractivity contribution in [3.05, 3.63) is 82.1 Å². The number of halogens is 2. The van der Waals surface area contributed by atoms with Crippen molar-refractivity contribution in [2.75, 3.05) is 19.0 Å². The molecule has 4 nitrogen and oxygen atoms in total. The number of rotatable bonds is 8. The van der Waals surface area contributed by atoms with Crippen molar-refractivity contribution in [3.63, 3.8) is 0 Å². The molecule has 0 aliphatic rings. The molecule has 0 bridgehead atoms. The van der Waals surface area contributed by atoms with E-state index in [1.54, 1.807) is 18.4 Å². The number of methoxy groups -OCH3 is 1. The first kappa shape index (κ1) is 20.0. The van der Waals surface area contributed by atoms with Crippen LogP contribution in [0.15, 0.2) is 60.0 Å². The highest BCUT2D eigenvalue weighted by Crippen LogP contribution is 2.22. The van der Waals surface area contributed by atoms with E-state index in [1.165, 1.54) is 6.07 Å². The zero-order valence-electron chi connectivity index (χ0n) is 15.3. The van der Waals surface area contributed by atoms with Crippen molar-refractivity contribution in [3.8, 4) is 5.75 Å². The monoisotopic (exact) mass is 402 g/mol. The van der Waals surface area contributed by atoms with Gasteiger partial charge in [0.1, 0.15) is 17.4 Å². The molecule has 0 unspecified atom stereocenters. The fourth-order valence-electron chi connectivity index (χ4n) is 2.85. The third kappa shape index (κ3) is 5.37. The van der Waals surface area contributed by atoms with Crippen LogP contribution in [0.1, 0.15) is 10.4 Å². The normalized spacial score (nSPS) is 10.9. The van der Waals surface area contributed by atoms with Crippen LogP contribution in [0.2, 0.25) is 0 Å². The number of para-hydroxylation sites is 1. The van der Waals surface area contributed by atoms with E-state index < -0.39 is 11.6 Å². The first-order valence-corrected chi connectivity index (χ1v) is 9.54. The van der Waals surface area contributed by atoms with E-state index >= 15 is 0 Å². The summed E-state index contributed by atoms with van der Waals surface area (Å²) >= 11 is 1.60. The number of benzene rings is 2. The van der Waals surface area contributed by atoms with E-state index in [-0.39, 0.29) is 18.1 Å². The Labute approximate surface area is 166 Å². The number of thiophene rings is 1. The molecule has 3 rings (SSSR count). The number of carbonyl (C=O) groups is 1. The number of amides is 1. The average molecular weight is 402 g/mol. The molecular weight excluding hydrogens is 382 g/mol. The number of anilines is 1. The minimum atomic E-state index is -0.803. The fraction of sp³-hybridized carbons (Fsp3) is 0.190. The van der Waals surface area contributed by atoms with Crippen LogP contribution in [0.5, 0.6) is 5.75 Å². The lowest BCUT2D eigenvalue weighted by Crippen LogP contribution is -2.32. The van der Waals surface area contributed by atoms with E-state index in [1.807, 2.05) is 46.7 Å². The van der Waals surface area contributed by atoms with Crippen LogP contribution < -0.4 is 10.1 Å². The van der Waals surface area contributed by atoms with Crippen LogP contribution in [0, 0.1) is 11.6 Å². The molecule has 0 fully saturated rings. The summed E-state index contributed by atoms with van der Waals surface area (Å²) in [5.74, 6) is -1.13. The quantitative estimate of drug-likeness (QED) is 0.595. The summed E-state index contributed by atoms with van der Waals surface area (Å²) < 4.78 is 32.3. The maximum absolute atomic E-state index is 13.8. The Morgan fingerprint density at radius 1 is 1.11 bits per heavy atom. The number of hydrogen-bond donors (Lipinski definition) is 1. The largest absolute Gasteiger partial charge is 0.496 e. The number of nitrogens with zero attached hydrogens (tertiary/aromatic N) is 1. The Hall–Kier alpha value is -2.77. The lowest BCUT2D eigenvalue weighted by Gasteiger charge is -2.22. The Morgan fingerprint density at radius 2 is 1.93 bits per heavy atom. The summed E-state index contributed by atoms with van der Waals surface area (Å²) in [6.07, 6.45) is 0. The highest BCUT2D eigenvalue weighted by atomic mass is 32.1. The SMILES string of the molecule is COc1ccccc1CN(CC(=O)Nc1ccc(F)cc1F)Cc1cccs1. The van der Waals surface area contributed by atoms with E-state index in [2.05, 4.69) is 5.32 Å². The van der Waals surface area contributed by atoms with Gasteiger partial charge in [-0.15, -0.1) is 11.3 Å². The summed E-state index contributed by atoms with van der Waals surface area (Å²) in [6, 6.07) is 14.6. The number of ether oxygens (including phenoxy) is 1. The predicted molar refractivity (Wildman–Crippen MR) is 106 cm³/mol. The second-order valence-corrected chi connectivity index (χ2v) is 7.24. The Kier molecular flexibility index (Phi) is 6.73. The van der Waals surface area contributed by atoms with Gasteiger partial charge < -0.3 is 10.1 Å². The summed E-state index contributed by atoms with van der Waals surface area (Å²) in [4.78, 5) is 15.5. The standard InChI is InChI=1S/C21H20F2N2O2S/c1-27-20-7-3-2-5-15(20)12-25(13-17-6-4-10-28-17)14-21(26)24-19-9-8-16(22)11-18(19)23/h2-11H,12-14H2,1H3,(H,24,26). The van der Waals surface area contributed by atoms with Crippen molar-refractivity contribution >= 4 is 22.9 Å². The summed E-state index contributed by atoms with van der Waals surface area (Å²) in [6.45, 7) is 1.10. The highest BCUT2D eigenvalue weighted by Gasteiger charge is 2.16. The maximum Gasteiger partial charge on any atom is 0.238 e. The molecule has 1 N–H and O–H groups in total.